The van der Waals surface area contributed by atoms with E-state index in [0.717, 1.165) is 0 Å². The maximum absolute atomic E-state index is 14.4. The molecule has 1 aromatic heterocycles. The fourth-order valence-corrected chi connectivity index (χ4v) is 2.33. The lowest BCUT2D eigenvalue weighted by Crippen LogP contribution is -2.41. The molecule has 0 atom stereocenters. The first-order chi connectivity index (χ1) is 10.3. The van der Waals surface area contributed by atoms with Crippen LogP contribution in [0.25, 0.3) is 11.1 Å². The lowest BCUT2D eigenvalue weighted by atomic mass is 9.78. The van der Waals surface area contributed by atoms with Gasteiger partial charge in [-0.1, -0.05) is 12.1 Å². The van der Waals surface area contributed by atoms with Crippen molar-refractivity contribution in [3.63, 3.8) is 0 Å². The fraction of sp³-hybridized carbons (Fsp3) is 0.375. The van der Waals surface area contributed by atoms with Crippen LogP contribution in [0.3, 0.4) is 0 Å². The zero-order chi connectivity index (χ0) is 16.0. The smallest absolute Gasteiger partial charge is 0.399 e. The van der Waals surface area contributed by atoms with E-state index in [1.165, 1.54) is 12.4 Å². The highest BCUT2D eigenvalue weighted by Gasteiger charge is 2.51. The highest BCUT2D eigenvalue weighted by Crippen LogP contribution is 2.36. The van der Waals surface area contributed by atoms with Gasteiger partial charge in [-0.05, 0) is 39.2 Å². The Kier molecular flexibility index (Phi) is 3.53. The topological polar surface area (TPSA) is 44.2 Å². The summed E-state index contributed by atoms with van der Waals surface area (Å²) >= 11 is 0. The quantitative estimate of drug-likeness (QED) is 0.800. The molecule has 0 amide bonds. The number of hydrogen-bond acceptors (Lipinski definition) is 4. The number of hydrogen-bond donors (Lipinski definition) is 0. The Balaban J connectivity index is 1.91. The van der Waals surface area contributed by atoms with Crippen molar-refractivity contribution in [3.05, 3.63) is 42.7 Å². The number of aromatic nitrogens is 2. The van der Waals surface area contributed by atoms with Gasteiger partial charge in [-0.3, -0.25) is 0 Å². The van der Waals surface area contributed by atoms with E-state index >= 15 is 0 Å². The van der Waals surface area contributed by atoms with E-state index in [4.69, 9.17) is 9.31 Å². The van der Waals surface area contributed by atoms with Gasteiger partial charge in [0.05, 0.1) is 11.2 Å². The van der Waals surface area contributed by atoms with Crippen LogP contribution < -0.4 is 5.46 Å². The molecule has 3 rings (SSSR count). The van der Waals surface area contributed by atoms with Crippen LogP contribution in [0.1, 0.15) is 27.7 Å². The molecule has 1 aliphatic rings. The second-order valence-corrected chi connectivity index (χ2v) is 6.45. The molecule has 4 nitrogen and oxygen atoms in total. The Morgan fingerprint density at radius 3 is 2.14 bits per heavy atom. The van der Waals surface area contributed by atoms with Gasteiger partial charge < -0.3 is 9.31 Å². The Labute approximate surface area is 129 Å². The molecule has 0 saturated carbocycles. The molecule has 2 heterocycles. The third-order valence-corrected chi connectivity index (χ3v) is 4.39. The minimum atomic E-state index is -0.569. The summed E-state index contributed by atoms with van der Waals surface area (Å²) in [5, 5.41) is 0. The average molecular weight is 300 g/mol. The van der Waals surface area contributed by atoms with Crippen LogP contribution in [0.5, 0.6) is 0 Å². The summed E-state index contributed by atoms with van der Waals surface area (Å²) in [5.74, 6) is -0.345. The lowest BCUT2D eigenvalue weighted by Gasteiger charge is -2.32. The zero-order valence-corrected chi connectivity index (χ0v) is 13.1. The van der Waals surface area contributed by atoms with Gasteiger partial charge in [0.2, 0.25) is 0 Å². The van der Waals surface area contributed by atoms with Crippen molar-refractivity contribution in [3.8, 4) is 11.1 Å². The molecule has 0 bridgehead atoms. The Morgan fingerprint density at radius 1 is 1.00 bits per heavy atom. The molecule has 1 saturated heterocycles. The molecule has 0 aliphatic carbocycles. The van der Waals surface area contributed by atoms with Crippen molar-refractivity contribution in [1.29, 1.82) is 0 Å². The second kappa shape index (κ2) is 5.14. The first-order valence-electron chi connectivity index (χ1n) is 7.21. The van der Waals surface area contributed by atoms with Crippen LogP contribution in [-0.2, 0) is 9.31 Å². The lowest BCUT2D eigenvalue weighted by molar-refractivity contribution is 0.00578. The fourth-order valence-electron chi connectivity index (χ4n) is 2.33. The summed E-state index contributed by atoms with van der Waals surface area (Å²) in [6.45, 7) is 7.89. The standard InChI is InChI=1S/C16H18BFN2O2/c1-15(2)16(3,4)22-17(21-15)12-5-6-13(14(18)7-12)11-8-19-10-20-9-11/h5-10H,1-4H3. The van der Waals surface area contributed by atoms with Crippen molar-refractivity contribution in [1.82, 2.24) is 9.97 Å². The number of nitrogens with zero attached hydrogens (tertiary/aromatic N) is 2. The van der Waals surface area contributed by atoms with Crippen molar-refractivity contribution in [2.24, 2.45) is 0 Å². The molecular weight excluding hydrogens is 282 g/mol. The molecule has 1 aliphatic heterocycles. The molecule has 22 heavy (non-hydrogen) atoms. The van der Waals surface area contributed by atoms with Crippen molar-refractivity contribution in [2.45, 2.75) is 38.9 Å². The van der Waals surface area contributed by atoms with Crippen LogP contribution in [0.4, 0.5) is 4.39 Å². The van der Waals surface area contributed by atoms with Gasteiger partial charge >= 0.3 is 7.12 Å². The van der Waals surface area contributed by atoms with Crippen molar-refractivity contribution < 1.29 is 13.7 Å². The predicted molar refractivity (Wildman–Crippen MR) is 83.1 cm³/mol. The second-order valence-electron chi connectivity index (χ2n) is 6.45. The summed E-state index contributed by atoms with van der Waals surface area (Å²) in [4.78, 5) is 7.83. The normalized spacial score (nSPS) is 19.4. The highest BCUT2D eigenvalue weighted by molar-refractivity contribution is 6.62. The molecule has 6 heteroatoms. The molecular formula is C16H18BFN2O2. The monoisotopic (exact) mass is 300 g/mol. The summed E-state index contributed by atoms with van der Waals surface area (Å²) in [6.07, 6.45) is 4.58. The summed E-state index contributed by atoms with van der Waals surface area (Å²) in [7, 11) is -0.569. The molecule has 0 radical (unpaired) electrons. The van der Waals surface area contributed by atoms with Gasteiger partial charge in [-0.15, -0.1) is 0 Å². The maximum atomic E-state index is 14.4. The molecule has 1 aromatic carbocycles. The largest absolute Gasteiger partial charge is 0.494 e. The van der Waals surface area contributed by atoms with E-state index in [1.54, 1.807) is 18.5 Å². The third kappa shape index (κ3) is 2.53. The van der Waals surface area contributed by atoms with Crippen LogP contribution in [0.2, 0.25) is 0 Å². The summed E-state index contributed by atoms with van der Waals surface area (Å²) < 4.78 is 26.3. The van der Waals surface area contributed by atoms with Gasteiger partial charge in [0, 0.05) is 23.5 Å². The Morgan fingerprint density at radius 2 is 1.59 bits per heavy atom. The van der Waals surface area contributed by atoms with E-state index in [2.05, 4.69) is 9.97 Å². The SMILES string of the molecule is CC1(C)OB(c2ccc(-c3cncnc3)c(F)c2)OC1(C)C. The predicted octanol–water partition coefficient (Wildman–Crippen LogP) is 2.58. The summed E-state index contributed by atoms with van der Waals surface area (Å²) in [5.41, 5.74) is 0.873. The van der Waals surface area contributed by atoms with Gasteiger partial charge in [0.1, 0.15) is 12.1 Å². The summed E-state index contributed by atoms with van der Waals surface area (Å²) in [6, 6.07) is 4.96. The number of rotatable bonds is 2. The molecule has 1 fully saturated rings. The first-order valence-corrected chi connectivity index (χ1v) is 7.21. The molecule has 0 N–H and O–H groups in total. The highest BCUT2D eigenvalue weighted by atomic mass is 19.1. The molecule has 114 valence electrons. The minimum Gasteiger partial charge on any atom is -0.399 e. The van der Waals surface area contributed by atoms with Gasteiger partial charge in [-0.25, -0.2) is 14.4 Å². The van der Waals surface area contributed by atoms with E-state index in [1.807, 2.05) is 33.8 Å². The van der Waals surface area contributed by atoms with Crippen LogP contribution >= 0.6 is 0 Å². The zero-order valence-electron chi connectivity index (χ0n) is 13.1. The first kappa shape index (κ1) is 15.1. The van der Waals surface area contributed by atoms with Crippen molar-refractivity contribution >= 4 is 12.6 Å². The average Bonchev–Trinajstić information content (AvgIpc) is 2.68. The Bertz CT molecular complexity index is 676. The van der Waals surface area contributed by atoms with E-state index < -0.39 is 18.3 Å². The molecule has 2 aromatic rings. The van der Waals surface area contributed by atoms with Crippen LogP contribution in [0.15, 0.2) is 36.9 Å². The third-order valence-electron chi connectivity index (χ3n) is 4.39. The molecule has 0 spiro atoms. The minimum absolute atomic E-state index is 0.345. The van der Waals surface area contributed by atoms with Crippen LogP contribution in [-0.4, -0.2) is 28.3 Å². The van der Waals surface area contributed by atoms with Gasteiger partial charge in [0.15, 0.2) is 0 Å². The Hall–Kier alpha value is -1.79. The maximum Gasteiger partial charge on any atom is 0.494 e. The van der Waals surface area contributed by atoms with Gasteiger partial charge in [0.25, 0.3) is 0 Å². The number of benzene rings is 1. The van der Waals surface area contributed by atoms with E-state index in [0.29, 0.717) is 16.6 Å². The van der Waals surface area contributed by atoms with Crippen LogP contribution in [0, 0.1) is 5.82 Å². The van der Waals surface area contributed by atoms with E-state index in [9.17, 15) is 4.39 Å². The van der Waals surface area contributed by atoms with Gasteiger partial charge in [-0.2, -0.15) is 0 Å². The van der Waals surface area contributed by atoms with E-state index in [-0.39, 0.29) is 5.82 Å². The number of halogens is 1. The molecule has 0 unspecified atom stereocenters. The van der Waals surface area contributed by atoms with Crippen molar-refractivity contribution in [2.75, 3.05) is 0 Å².